The Morgan fingerprint density at radius 2 is 1.69 bits per heavy atom. The summed E-state index contributed by atoms with van der Waals surface area (Å²) in [4.78, 5) is 17.0. The molecular weight excluding hydrogens is 668 g/mol. The van der Waals surface area contributed by atoms with Crippen molar-refractivity contribution in [2.45, 2.75) is 6.61 Å². The third kappa shape index (κ3) is 5.20. The number of aliphatic imine (C=N–C) groups is 1. The Morgan fingerprint density at radius 3 is 2.49 bits per heavy atom. The topological polar surface area (TPSA) is 57.1 Å². The highest BCUT2D eigenvalue weighted by Crippen LogP contribution is 2.36. The van der Waals surface area contributed by atoms with Crippen molar-refractivity contribution in [2.75, 3.05) is 7.11 Å². The van der Waals surface area contributed by atoms with Gasteiger partial charge in [-0.05, 0) is 97.9 Å². The summed E-state index contributed by atoms with van der Waals surface area (Å²) in [6.07, 6.45) is 1.70. The third-order valence-electron chi connectivity index (χ3n) is 5.50. The summed E-state index contributed by atoms with van der Waals surface area (Å²) in [6.45, 7) is 0.428. The van der Waals surface area contributed by atoms with Crippen LogP contribution in [0.25, 0.3) is 16.8 Å². The van der Waals surface area contributed by atoms with Crippen LogP contribution in [0.4, 0.5) is 0 Å². The molecular formula is C28H19I2NO4. The quantitative estimate of drug-likeness (QED) is 0.125. The summed E-state index contributed by atoms with van der Waals surface area (Å²) in [7, 11) is 1.60. The fourth-order valence-electron chi connectivity index (χ4n) is 3.74. The predicted molar refractivity (Wildman–Crippen MR) is 154 cm³/mol. The van der Waals surface area contributed by atoms with Crippen LogP contribution in [0.1, 0.15) is 16.7 Å². The maximum Gasteiger partial charge on any atom is 0.363 e. The molecule has 0 atom stereocenters. The minimum Gasteiger partial charge on any atom is -0.493 e. The Balaban J connectivity index is 1.42. The minimum absolute atomic E-state index is 0.235. The van der Waals surface area contributed by atoms with Crippen molar-refractivity contribution in [3.63, 3.8) is 0 Å². The predicted octanol–water partition coefficient (Wildman–Crippen LogP) is 6.98. The molecule has 5 nitrogen and oxygen atoms in total. The summed E-state index contributed by atoms with van der Waals surface area (Å²) in [5.41, 5.74) is 2.86. The van der Waals surface area contributed by atoms with Gasteiger partial charge in [0.05, 0.1) is 10.7 Å². The molecule has 35 heavy (non-hydrogen) atoms. The van der Waals surface area contributed by atoms with E-state index in [1.165, 1.54) is 0 Å². The van der Waals surface area contributed by atoms with Crippen LogP contribution in [0.2, 0.25) is 0 Å². The minimum atomic E-state index is -0.485. The van der Waals surface area contributed by atoms with Gasteiger partial charge in [-0.25, -0.2) is 9.79 Å². The van der Waals surface area contributed by atoms with Crippen LogP contribution < -0.4 is 9.47 Å². The Bertz CT molecular complexity index is 1510. The summed E-state index contributed by atoms with van der Waals surface area (Å²) < 4.78 is 19.2. The number of esters is 1. The molecule has 4 aromatic carbocycles. The highest BCUT2D eigenvalue weighted by Gasteiger charge is 2.25. The highest BCUT2D eigenvalue weighted by atomic mass is 127. The third-order valence-corrected chi connectivity index (χ3v) is 7.36. The molecule has 0 bridgehead atoms. The zero-order valence-corrected chi connectivity index (χ0v) is 22.9. The number of hydrogen-bond donors (Lipinski definition) is 0. The Kier molecular flexibility index (Phi) is 7.05. The first-order chi connectivity index (χ1) is 17.0. The molecule has 0 spiro atoms. The van der Waals surface area contributed by atoms with Crippen molar-refractivity contribution in [3.8, 4) is 11.5 Å². The molecule has 1 heterocycles. The van der Waals surface area contributed by atoms with Gasteiger partial charge in [0.25, 0.3) is 0 Å². The highest BCUT2D eigenvalue weighted by molar-refractivity contribution is 14.1. The van der Waals surface area contributed by atoms with E-state index in [9.17, 15) is 4.79 Å². The normalized spacial score (nSPS) is 14.2. The van der Waals surface area contributed by atoms with E-state index in [0.29, 0.717) is 24.0 Å². The van der Waals surface area contributed by atoms with Gasteiger partial charge in [0.2, 0.25) is 5.90 Å². The van der Waals surface area contributed by atoms with E-state index in [4.69, 9.17) is 14.2 Å². The first kappa shape index (κ1) is 23.8. The number of carbonyl (C=O) groups excluding carboxylic acids is 1. The van der Waals surface area contributed by atoms with Crippen LogP contribution in [-0.2, 0) is 16.1 Å². The lowest BCUT2D eigenvalue weighted by Gasteiger charge is -2.14. The number of halogens is 2. The summed E-state index contributed by atoms with van der Waals surface area (Å²) in [5, 5.41) is 2.17. The number of nitrogens with zero attached hydrogens (tertiary/aromatic N) is 1. The van der Waals surface area contributed by atoms with Gasteiger partial charge in [0.1, 0.15) is 6.61 Å². The van der Waals surface area contributed by atoms with Crippen molar-refractivity contribution in [1.29, 1.82) is 0 Å². The molecule has 0 aromatic heterocycles. The first-order valence-corrected chi connectivity index (χ1v) is 12.9. The fourth-order valence-corrected chi connectivity index (χ4v) is 5.07. The van der Waals surface area contributed by atoms with E-state index in [2.05, 4.69) is 50.2 Å². The van der Waals surface area contributed by atoms with Crippen molar-refractivity contribution in [1.82, 2.24) is 0 Å². The molecule has 0 fully saturated rings. The van der Waals surface area contributed by atoms with Gasteiger partial charge in [0.15, 0.2) is 17.2 Å². The van der Waals surface area contributed by atoms with Crippen LogP contribution in [0.3, 0.4) is 0 Å². The fraction of sp³-hybridized carbons (Fsp3) is 0.0714. The van der Waals surface area contributed by atoms with Gasteiger partial charge >= 0.3 is 5.97 Å². The van der Waals surface area contributed by atoms with Crippen LogP contribution in [-0.4, -0.2) is 19.0 Å². The zero-order chi connectivity index (χ0) is 24.4. The second-order valence-corrected chi connectivity index (χ2v) is 10.1. The standard InChI is InChI=1S/C28H19I2NO4/c1-33-25-14-17(12-23(30)26(25)34-16-21-8-4-5-9-22(21)29)13-24-28(32)35-27(31-24)20-11-10-18-6-2-3-7-19(18)15-20/h2-15H,16H2,1H3/b24-13-. The van der Waals surface area contributed by atoms with Crippen LogP contribution in [0, 0.1) is 7.14 Å². The van der Waals surface area contributed by atoms with Crippen LogP contribution in [0.5, 0.6) is 11.5 Å². The van der Waals surface area contributed by atoms with Gasteiger partial charge in [-0.3, -0.25) is 0 Å². The lowest BCUT2D eigenvalue weighted by molar-refractivity contribution is -0.129. The van der Waals surface area contributed by atoms with E-state index >= 15 is 0 Å². The van der Waals surface area contributed by atoms with Gasteiger partial charge in [0, 0.05) is 14.7 Å². The van der Waals surface area contributed by atoms with Crippen LogP contribution >= 0.6 is 45.2 Å². The molecule has 0 unspecified atom stereocenters. The number of carbonyl (C=O) groups is 1. The van der Waals surface area contributed by atoms with E-state index in [0.717, 1.165) is 34.6 Å². The Hall–Kier alpha value is -2.92. The maximum absolute atomic E-state index is 12.6. The molecule has 0 aliphatic carbocycles. The first-order valence-electron chi connectivity index (χ1n) is 10.8. The van der Waals surface area contributed by atoms with E-state index in [1.807, 2.05) is 78.9 Å². The molecule has 174 valence electrons. The average Bonchev–Trinajstić information content (AvgIpc) is 3.23. The Morgan fingerprint density at radius 1 is 0.914 bits per heavy atom. The van der Waals surface area contributed by atoms with Crippen molar-refractivity contribution in [2.24, 2.45) is 4.99 Å². The summed E-state index contributed by atoms with van der Waals surface area (Å²) >= 11 is 4.51. The number of methoxy groups -OCH3 is 1. The average molecular weight is 687 g/mol. The number of hydrogen-bond acceptors (Lipinski definition) is 5. The van der Waals surface area contributed by atoms with Gasteiger partial charge in [-0.2, -0.15) is 0 Å². The SMILES string of the molecule is COc1cc(/C=C2\N=C(c3ccc4ccccc4c3)OC2=O)cc(I)c1OCc1ccccc1I. The zero-order valence-electron chi connectivity index (χ0n) is 18.6. The lowest BCUT2D eigenvalue weighted by Crippen LogP contribution is -2.05. The molecule has 5 rings (SSSR count). The smallest absolute Gasteiger partial charge is 0.363 e. The summed E-state index contributed by atoms with van der Waals surface area (Å²) in [5.74, 6) is 1.05. The molecule has 0 saturated carbocycles. The Labute approximate surface area is 230 Å². The van der Waals surface area contributed by atoms with Crippen molar-refractivity contribution < 1.29 is 19.0 Å². The number of rotatable bonds is 6. The van der Waals surface area contributed by atoms with Crippen molar-refractivity contribution >= 4 is 73.9 Å². The number of benzene rings is 4. The molecule has 0 saturated heterocycles. The number of fused-ring (bicyclic) bond motifs is 1. The molecule has 4 aromatic rings. The summed E-state index contributed by atoms with van der Waals surface area (Å²) in [6, 6.07) is 25.7. The maximum atomic E-state index is 12.6. The molecule has 7 heteroatoms. The molecule has 1 aliphatic rings. The largest absolute Gasteiger partial charge is 0.493 e. The molecule has 0 N–H and O–H groups in total. The van der Waals surface area contributed by atoms with Crippen LogP contribution in [0.15, 0.2) is 89.6 Å². The monoisotopic (exact) mass is 687 g/mol. The second-order valence-electron chi connectivity index (χ2n) is 7.81. The second kappa shape index (κ2) is 10.4. The molecule has 1 aliphatic heterocycles. The lowest BCUT2D eigenvalue weighted by atomic mass is 10.1. The van der Waals surface area contributed by atoms with E-state index < -0.39 is 5.97 Å². The van der Waals surface area contributed by atoms with Gasteiger partial charge in [-0.15, -0.1) is 0 Å². The number of ether oxygens (including phenoxy) is 3. The van der Waals surface area contributed by atoms with E-state index in [1.54, 1.807) is 13.2 Å². The van der Waals surface area contributed by atoms with Gasteiger partial charge in [-0.1, -0.05) is 48.5 Å². The molecule has 0 radical (unpaired) electrons. The van der Waals surface area contributed by atoms with E-state index in [-0.39, 0.29) is 5.70 Å². The van der Waals surface area contributed by atoms with Gasteiger partial charge < -0.3 is 14.2 Å². The van der Waals surface area contributed by atoms with Crippen molar-refractivity contribution in [3.05, 3.63) is 108 Å². The molecule has 0 amide bonds. The number of cyclic esters (lactones) is 1.